The van der Waals surface area contributed by atoms with E-state index in [0.29, 0.717) is 16.3 Å². The molecule has 0 atom stereocenters. The van der Waals surface area contributed by atoms with Gasteiger partial charge in [0.1, 0.15) is 0 Å². The second-order valence-corrected chi connectivity index (χ2v) is 7.45. The molecule has 1 N–H and O–H groups in total. The minimum atomic E-state index is -4.52. The quantitative estimate of drug-likeness (QED) is 0.468. The number of alkyl halides is 3. The molecular formula is C21H17Cl2F3N2O. The molecular weight excluding hydrogens is 424 g/mol. The maximum atomic E-state index is 13.5. The summed E-state index contributed by atoms with van der Waals surface area (Å²) < 4.78 is 41.9. The highest BCUT2D eigenvalue weighted by Gasteiger charge is 2.35. The van der Waals surface area contributed by atoms with Gasteiger partial charge in [0.05, 0.1) is 32.5 Å². The van der Waals surface area contributed by atoms with Crippen molar-refractivity contribution in [2.24, 2.45) is 0 Å². The van der Waals surface area contributed by atoms with Crippen LogP contribution in [0.5, 0.6) is 0 Å². The van der Waals surface area contributed by atoms with E-state index in [1.165, 1.54) is 22.9 Å². The smallest absolute Gasteiger partial charge is 0.319 e. The molecule has 0 radical (unpaired) electrons. The number of hydrogen-bond acceptors (Lipinski definition) is 1. The van der Waals surface area contributed by atoms with Crippen LogP contribution >= 0.6 is 23.2 Å². The van der Waals surface area contributed by atoms with E-state index in [-0.39, 0.29) is 22.0 Å². The Morgan fingerprint density at radius 3 is 2.34 bits per heavy atom. The zero-order chi connectivity index (χ0) is 21.5. The van der Waals surface area contributed by atoms with Gasteiger partial charge in [-0.15, -0.1) is 0 Å². The fourth-order valence-corrected chi connectivity index (χ4v) is 3.62. The molecule has 3 nitrogen and oxygen atoms in total. The van der Waals surface area contributed by atoms with E-state index in [1.807, 2.05) is 0 Å². The summed E-state index contributed by atoms with van der Waals surface area (Å²) in [6.45, 7) is 4.95. The van der Waals surface area contributed by atoms with Crippen molar-refractivity contribution in [2.75, 3.05) is 5.32 Å². The SMILES string of the molecule is Cc1ccc(Cl)c(NC(=O)c2ccn(-c3c(C)cccc3C(F)(F)F)c2C)c1Cl. The van der Waals surface area contributed by atoms with Gasteiger partial charge in [-0.2, -0.15) is 13.2 Å². The Hall–Kier alpha value is -2.44. The predicted molar refractivity (Wildman–Crippen MR) is 109 cm³/mol. The third-order valence-electron chi connectivity index (χ3n) is 4.69. The zero-order valence-electron chi connectivity index (χ0n) is 15.8. The Morgan fingerprint density at radius 1 is 1.00 bits per heavy atom. The standard InChI is InChI=1S/C21H17Cl2F3N2O/c1-11-7-8-16(22)18(17(11)23)27-20(29)14-9-10-28(13(14)3)19-12(2)5-4-6-15(19)21(24,25)26/h4-10H,1-3H3,(H,27,29). The number of nitrogens with one attached hydrogen (secondary N) is 1. The molecule has 0 aliphatic rings. The third-order valence-corrected chi connectivity index (χ3v) is 5.49. The van der Waals surface area contributed by atoms with Crippen LogP contribution < -0.4 is 5.32 Å². The van der Waals surface area contributed by atoms with Crippen LogP contribution in [0.25, 0.3) is 5.69 Å². The van der Waals surface area contributed by atoms with Crippen molar-refractivity contribution < 1.29 is 18.0 Å². The number of carbonyl (C=O) groups excluding carboxylic acids is 1. The Labute approximate surface area is 176 Å². The van der Waals surface area contributed by atoms with Crippen LogP contribution in [0.15, 0.2) is 42.6 Å². The molecule has 8 heteroatoms. The molecule has 0 bridgehead atoms. The second-order valence-electron chi connectivity index (χ2n) is 6.66. The number of rotatable bonds is 3. The van der Waals surface area contributed by atoms with Gasteiger partial charge in [-0.25, -0.2) is 0 Å². The predicted octanol–water partition coefficient (Wildman–Crippen LogP) is 6.98. The first-order chi connectivity index (χ1) is 13.5. The van der Waals surface area contributed by atoms with Crippen molar-refractivity contribution in [3.63, 3.8) is 0 Å². The summed E-state index contributed by atoms with van der Waals surface area (Å²) in [6, 6.07) is 8.77. The molecule has 3 rings (SSSR count). The molecule has 0 saturated carbocycles. The lowest BCUT2D eigenvalue weighted by molar-refractivity contribution is -0.137. The van der Waals surface area contributed by atoms with Gasteiger partial charge in [0.25, 0.3) is 5.91 Å². The molecule has 152 valence electrons. The summed E-state index contributed by atoms with van der Waals surface area (Å²) in [4.78, 5) is 12.8. The molecule has 0 aliphatic carbocycles. The van der Waals surface area contributed by atoms with Crippen molar-refractivity contribution in [1.29, 1.82) is 0 Å². The van der Waals surface area contributed by atoms with Gasteiger partial charge in [-0.05, 0) is 50.1 Å². The van der Waals surface area contributed by atoms with Crippen molar-refractivity contribution >= 4 is 34.8 Å². The van der Waals surface area contributed by atoms with Gasteiger partial charge in [0, 0.05) is 11.9 Å². The van der Waals surface area contributed by atoms with Gasteiger partial charge in [0.2, 0.25) is 0 Å². The number of carbonyl (C=O) groups is 1. The molecule has 1 aromatic heterocycles. The van der Waals surface area contributed by atoms with Crippen molar-refractivity contribution in [3.05, 3.63) is 80.6 Å². The minimum Gasteiger partial charge on any atom is -0.319 e. The van der Waals surface area contributed by atoms with Crippen LogP contribution in [0.4, 0.5) is 18.9 Å². The topological polar surface area (TPSA) is 34.0 Å². The summed E-state index contributed by atoms with van der Waals surface area (Å²) in [5.74, 6) is -0.516. The molecule has 1 heterocycles. The molecule has 0 aliphatic heterocycles. The highest BCUT2D eigenvalue weighted by atomic mass is 35.5. The summed E-state index contributed by atoms with van der Waals surface area (Å²) in [5, 5.41) is 3.24. The molecule has 3 aromatic rings. The first-order valence-electron chi connectivity index (χ1n) is 8.63. The van der Waals surface area contributed by atoms with Crippen molar-refractivity contribution in [1.82, 2.24) is 4.57 Å². The molecule has 0 spiro atoms. The monoisotopic (exact) mass is 440 g/mol. The van der Waals surface area contributed by atoms with Crippen LogP contribution in [0.3, 0.4) is 0 Å². The van der Waals surface area contributed by atoms with E-state index >= 15 is 0 Å². The van der Waals surface area contributed by atoms with E-state index in [2.05, 4.69) is 5.32 Å². The van der Waals surface area contributed by atoms with Crippen LogP contribution in [0.1, 0.15) is 32.7 Å². The molecule has 0 saturated heterocycles. The molecule has 29 heavy (non-hydrogen) atoms. The number of aryl methyl sites for hydroxylation is 2. The van der Waals surface area contributed by atoms with Gasteiger partial charge < -0.3 is 9.88 Å². The average molecular weight is 441 g/mol. The third kappa shape index (κ3) is 4.00. The lowest BCUT2D eigenvalue weighted by atomic mass is 10.1. The molecule has 1 amide bonds. The molecule has 0 unspecified atom stereocenters. The zero-order valence-corrected chi connectivity index (χ0v) is 17.3. The summed E-state index contributed by atoms with van der Waals surface area (Å²) in [7, 11) is 0. The fourth-order valence-electron chi connectivity index (χ4n) is 3.15. The van der Waals surface area contributed by atoms with E-state index in [1.54, 1.807) is 39.0 Å². The van der Waals surface area contributed by atoms with E-state index in [0.717, 1.165) is 11.6 Å². The minimum absolute atomic E-state index is 0.0110. The summed E-state index contributed by atoms with van der Waals surface area (Å²) >= 11 is 12.4. The number of halogens is 5. The first kappa shape index (κ1) is 21.3. The van der Waals surface area contributed by atoms with Crippen molar-refractivity contribution in [3.8, 4) is 5.69 Å². The normalized spacial score (nSPS) is 11.6. The number of para-hydroxylation sites is 1. The van der Waals surface area contributed by atoms with E-state index in [9.17, 15) is 18.0 Å². The Kier molecular flexibility index (Phi) is 5.70. The molecule has 0 fully saturated rings. The van der Waals surface area contributed by atoms with Gasteiger partial charge >= 0.3 is 6.18 Å². The Bertz CT molecular complexity index is 1100. The van der Waals surface area contributed by atoms with Crippen LogP contribution in [0.2, 0.25) is 10.0 Å². The Morgan fingerprint density at radius 2 is 1.69 bits per heavy atom. The highest BCUT2D eigenvalue weighted by Crippen LogP contribution is 2.37. The van der Waals surface area contributed by atoms with E-state index < -0.39 is 17.6 Å². The van der Waals surface area contributed by atoms with E-state index in [4.69, 9.17) is 23.2 Å². The number of amides is 1. The average Bonchev–Trinajstić information content (AvgIpc) is 3.02. The van der Waals surface area contributed by atoms with Crippen molar-refractivity contribution in [2.45, 2.75) is 26.9 Å². The fraction of sp³-hybridized carbons (Fsp3) is 0.190. The number of benzene rings is 2. The lowest BCUT2D eigenvalue weighted by Gasteiger charge is -2.18. The van der Waals surface area contributed by atoms with Gasteiger partial charge in [-0.1, -0.05) is 41.4 Å². The number of aromatic nitrogens is 1. The number of anilines is 1. The maximum absolute atomic E-state index is 13.5. The van der Waals surface area contributed by atoms with Gasteiger partial charge in [-0.3, -0.25) is 4.79 Å². The second kappa shape index (κ2) is 7.76. The summed E-state index contributed by atoms with van der Waals surface area (Å²) in [5.41, 5.74) is 1.23. The summed E-state index contributed by atoms with van der Waals surface area (Å²) in [6.07, 6.45) is -3.08. The van der Waals surface area contributed by atoms with Crippen LogP contribution in [-0.2, 0) is 6.18 Å². The van der Waals surface area contributed by atoms with Crippen LogP contribution in [-0.4, -0.2) is 10.5 Å². The Balaban J connectivity index is 2.04. The van der Waals surface area contributed by atoms with Crippen LogP contribution in [0, 0.1) is 20.8 Å². The molecule has 2 aromatic carbocycles. The van der Waals surface area contributed by atoms with Gasteiger partial charge in [0.15, 0.2) is 0 Å². The number of nitrogens with zero attached hydrogens (tertiary/aromatic N) is 1. The highest BCUT2D eigenvalue weighted by molar-refractivity contribution is 6.40. The lowest BCUT2D eigenvalue weighted by Crippen LogP contribution is -2.15. The maximum Gasteiger partial charge on any atom is 0.418 e. The first-order valence-corrected chi connectivity index (χ1v) is 9.39. The number of hydrogen-bond donors (Lipinski definition) is 1. The largest absolute Gasteiger partial charge is 0.418 e.